The van der Waals surface area contributed by atoms with E-state index in [1.807, 2.05) is 0 Å². The fraction of sp³-hybridized carbons (Fsp3) is 0.200. The Hall–Kier alpha value is -2.93. The molecule has 0 radical (unpaired) electrons. The number of rotatable bonds is 10. The molecule has 0 fully saturated rings. The van der Waals surface area contributed by atoms with Gasteiger partial charge in [0.15, 0.2) is 11.6 Å². The summed E-state index contributed by atoms with van der Waals surface area (Å²) in [6, 6.07) is 13.5. The summed E-state index contributed by atoms with van der Waals surface area (Å²) in [6.07, 6.45) is 2.91. The van der Waals surface area contributed by atoms with Crippen LogP contribution in [0.1, 0.15) is 11.1 Å². The maximum absolute atomic E-state index is 11.8. The number of aliphatic imine (C=N–C) groups is 2. The van der Waals surface area contributed by atoms with Gasteiger partial charge in [0.25, 0.3) is 0 Å². The zero-order valence-corrected chi connectivity index (χ0v) is 15.4. The summed E-state index contributed by atoms with van der Waals surface area (Å²) in [7, 11) is 0. The third-order valence-electron chi connectivity index (χ3n) is 3.40. The summed E-state index contributed by atoms with van der Waals surface area (Å²) < 4.78 is 0. The number of thioether (sulfide) groups is 1. The van der Waals surface area contributed by atoms with E-state index in [-0.39, 0.29) is 47.7 Å². The van der Waals surface area contributed by atoms with Crippen molar-refractivity contribution in [3.8, 4) is 11.5 Å². The van der Waals surface area contributed by atoms with Crippen molar-refractivity contribution in [2.24, 2.45) is 9.98 Å². The van der Waals surface area contributed by atoms with Gasteiger partial charge in [-0.3, -0.25) is 19.6 Å². The number of carbonyl (C=O) groups is 2. The molecule has 0 unspecified atom stereocenters. The predicted molar refractivity (Wildman–Crippen MR) is 108 cm³/mol. The van der Waals surface area contributed by atoms with E-state index in [0.29, 0.717) is 11.1 Å². The maximum Gasteiger partial charge on any atom is 0.164 e. The second-order valence-corrected chi connectivity index (χ2v) is 6.61. The van der Waals surface area contributed by atoms with Gasteiger partial charge in [0.1, 0.15) is 11.5 Å². The van der Waals surface area contributed by atoms with E-state index < -0.39 is 0 Å². The van der Waals surface area contributed by atoms with Crippen LogP contribution in [0, 0.1) is 0 Å². The summed E-state index contributed by atoms with van der Waals surface area (Å²) in [5, 5.41) is 19.2. The number of hydrogen-bond acceptors (Lipinski definition) is 7. The quantitative estimate of drug-likeness (QED) is 0.613. The van der Waals surface area contributed by atoms with Gasteiger partial charge in [-0.25, -0.2) is 0 Å². The minimum Gasteiger partial charge on any atom is -0.507 e. The Labute approximate surface area is 161 Å². The van der Waals surface area contributed by atoms with Gasteiger partial charge in [-0.05, 0) is 24.3 Å². The molecule has 0 heterocycles. The lowest BCUT2D eigenvalue weighted by molar-refractivity contribution is -0.115. The largest absolute Gasteiger partial charge is 0.507 e. The highest BCUT2D eigenvalue weighted by molar-refractivity contribution is 8.00. The first-order chi connectivity index (χ1) is 13.1. The lowest BCUT2D eigenvalue weighted by Crippen LogP contribution is -2.11. The van der Waals surface area contributed by atoms with Gasteiger partial charge in [-0.1, -0.05) is 24.3 Å². The molecule has 0 saturated carbocycles. The lowest BCUT2D eigenvalue weighted by Gasteiger charge is -1.99. The van der Waals surface area contributed by atoms with Crippen LogP contribution in [-0.4, -0.2) is 58.8 Å². The van der Waals surface area contributed by atoms with E-state index in [1.165, 1.54) is 24.2 Å². The number of carbonyl (C=O) groups excluding carboxylic acids is 2. The van der Waals surface area contributed by atoms with Crippen LogP contribution < -0.4 is 0 Å². The SMILES string of the molecule is O=C(CN=Cc1ccccc1O)CSCC(=O)CN=Cc1ccccc1O. The highest BCUT2D eigenvalue weighted by Gasteiger charge is 2.05. The molecule has 0 spiro atoms. The third-order valence-corrected chi connectivity index (χ3v) is 4.45. The molecule has 2 aromatic carbocycles. The molecule has 7 heteroatoms. The average Bonchev–Trinajstić information content (AvgIpc) is 2.65. The van der Waals surface area contributed by atoms with Gasteiger partial charge in [-0.2, -0.15) is 0 Å². The molecule has 2 N–H and O–H groups in total. The van der Waals surface area contributed by atoms with Crippen LogP contribution in [0.3, 0.4) is 0 Å². The second-order valence-electron chi connectivity index (χ2n) is 5.63. The Balaban J connectivity index is 1.65. The topological polar surface area (TPSA) is 99.3 Å². The highest BCUT2D eigenvalue weighted by atomic mass is 32.2. The van der Waals surface area contributed by atoms with Crippen LogP contribution in [0.15, 0.2) is 58.5 Å². The van der Waals surface area contributed by atoms with Crippen LogP contribution in [-0.2, 0) is 9.59 Å². The van der Waals surface area contributed by atoms with Crippen LogP contribution >= 0.6 is 11.8 Å². The van der Waals surface area contributed by atoms with Crippen molar-refractivity contribution in [3.63, 3.8) is 0 Å². The Morgan fingerprint density at radius 2 is 1.19 bits per heavy atom. The Bertz CT molecular complexity index is 780. The molecule has 140 valence electrons. The van der Waals surface area contributed by atoms with Gasteiger partial charge in [0, 0.05) is 23.6 Å². The predicted octanol–water partition coefficient (Wildman–Crippen LogP) is 2.51. The fourth-order valence-corrected chi connectivity index (χ4v) is 2.79. The number of ketones is 2. The number of Topliss-reactive ketones (excluding diaryl/α,β-unsaturated/α-hetero) is 2. The normalized spacial score (nSPS) is 11.3. The van der Waals surface area contributed by atoms with Crippen molar-refractivity contribution < 1.29 is 19.8 Å². The smallest absolute Gasteiger partial charge is 0.164 e. The van der Waals surface area contributed by atoms with Gasteiger partial charge < -0.3 is 10.2 Å². The molecular formula is C20H20N2O4S. The molecule has 6 nitrogen and oxygen atoms in total. The van der Waals surface area contributed by atoms with Gasteiger partial charge in [-0.15, -0.1) is 11.8 Å². The number of para-hydroxylation sites is 2. The number of hydrogen-bond donors (Lipinski definition) is 2. The molecule has 0 amide bonds. The molecule has 27 heavy (non-hydrogen) atoms. The molecule has 2 aromatic rings. The zero-order chi connectivity index (χ0) is 19.5. The van der Waals surface area contributed by atoms with Crippen LogP contribution in [0.25, 0.3) is 0 Å². The van der Waals surface area contributed by atoms with Gasteiger partial charge in [0.05, 0.1) is 24.6 Å². The third kappa shape index (κ3) is 7.45. The van der Waals surface area contributed by atoms with Crippen molar-refractivity contribution in [3.05, 3.63) is 59.7 Å². The summed E-state index contributed by atoms with van der Waals surface area (Å²) in [5.41, 5.74) is 1.10. The van der Waals surface area contributed by atoms with E-state index in [9.17, 15) is 19.8 Å². The summed E-state index contributed by atoms with van der Waals surface area (Å²) in [4.78, 5) is 31.6. The highest BCUT2D eigenvalue weighted by Crippen LogP contribution is 2.13. The van der Waals surface area contributed by atoms with E-state index in [2.05, 4.69) is 9.98 Å². The van der Waals surface area contributed by atoms with Crippen molar-refractivity contribution >= 4 is 35.8 Å². The lowest BCUT2D eigenvalue weighted by atomic mass is 10.2. The summed E-state index contributed by atoms with van der Waals surface area (Å²) >= 11 is 1.22. The van der Waals surface area contributed by atoms with Crippen LogP contribution in [0.4, 0.5) is 0 Å². The number of phenols is 2. The van der Waals surface area contributed by atoms with Gasteiger partial charge in [0.2, 0.25) is 0 Å². The Morgan fingerprint density at radius 1 is 0.778 bits per heavy atom. The molecule has 0 aliphatic carbocycles. The van der Waals surface area contributed by atoms with Gasteiger partial charge >= 0.3 is 0 Å². The van der Waals surface area contributed by atoms with Crippen molar-refractivity contribution in [1.82, 2.24) is 0 Å². The van der Waals surface area contributed by atoms with E-state index in [1.54, 1.807) is 48.5 Å². The van der Waals surface area contributed by atoms with E-state index in [0.717, 1.165) is 0 Å². The first kappa shape index (κ1) is 20.4. The molecule has 2 rings (SSSR count). The summed E-state index contributed by atoms with van der Waals surface area (Å²) in [5.74, 6) is 0.394. The monoisotopic (exact) mass is 384 g/mol. The minimum absolute atomic E-state index is 0.000954. The number of phenolic OH excluding ortho intramolecular Hbond substituents is 2. The molecule has 0 saturated heterocycles. The number of nitrogens with zero attached hydrogens (tertiary/aromatic N) is 2. The Kier molecular flexibility index (Phi) is 8.25. The Morgan fingerprint density at radius 3 is 1.59 bits per heavy atom. The van der Waals surface area contributed by atoms with E-state index >= 15 is 0 Å². The zero-order valence-electron chi connectivity index (χ0n) is 14.6. The minimum atomic E-state index is -0.0998. The fourth-order valence-electron chi connectivity index (χ4n) is 2.06. The first-order valence-electron chi connectivity index (χ1n) is 8.23. The second kappa shape index (κ2) is 10.9. The molecule has 0 atom stereocenters. The van der Waals surface area contributed by atoms with E-state index in [4.69, 9.17) is 0 Å². The molecule has 0 aliphatic heterocycles. The molecular weight excluding hydrogens is 364 g/mol. The van der Waals surface area contributed by atoms with Crippen LogP contribution in [0.5, 0.6) is 11.5 Å². The molecule has 0 aliphatic rings. The standard InChI is InChI=1S/C20H20N2O4S/c23-17(11-21-9-15-5-1-3-7-19(15)25)13-27-14-18(24)12-22-10-16-6-2-4-8-20(16)26/h1-10,25-26H,11-14H2. The first-order valence-corrected chi connectivity index (χ1v) is 9.38. The summed E-state index contributed by atoms with van der Waals surface area (Å²) in [6.45, 7) is 0.00191. The van der Waals surface area contributed by atoms with Crippen molar-refractivity contribution in [2.75, 3.05) is 24.6 Å². The maximum atomic E-state index is 11.8. The number of aromatic hydroxyl groups is 2. The molecule has 0 bridgehead atoms. The average molecular weight is 384 g/mol. The molecule has 0 aromatic heterocycles. The van der Waals surface area contributed by atoms with Crippen molar-refractivity contribution in [1.29, 1.82) is 0 Å². The van der Waals surface area contributed by atoms with Crippen LogP contribution in [0.2, 0.25) is 0 Å². The van der Waals surface area contributed by atoms with Crippen molar-refractivity contribution in [2.45, 2.75) is 0 Å². The number of benzene rings is 2.